The number of likely N-dealkylation sites (N-methyl/N-ethyl adjacent to an activating group) is 1. The number of aromatic amines is 1. The number of benzene rings is 1. The van der Waals surface area contributed by atoms with Crippen molar-refractivity contribution in [3.05, 3.63) is 29.5 Å². The Hall–Kier alpha value is -2.38. The summed E-state index contributed by atoms with van der Waals surface area (Å²) in [6.07, 6.45) is 0. The molecule has 1 amide bonds. The number of anilines is 1. The van der Waals surface area contributed by atoms with E-state index in [1.807, 2.05) is 25.1 Å². The van der Waals surface area contributed by atoms with Crippen molar-refractivity contribution in [2.24, 2.45) is 0 Å². The molecule has 1 aliphatic rings. The highest BCUT2D eigenvalue weighted by atomic mass is 16.5. The molecular weight excluding hydrogens is 320 g/mol. The number of amides is 1. The number of H-pyrrole nitrogens is 1. The van der Waals surface area contributed by atoms with E-state index in [1.54, 1.807) is 0 Å². The van der Waals surface area contributed by atoms with Crippen LogP contribution in [0.2, 0.25) is 0 Å². The van der Waals surface area contributed by atoms with E-state index in [4.69, 9.17) is 4.74 Å². The van der Waals surface area contributed by atoms with Crippen LogP contribution >= 0.6 is 0 Å². The van der Waals surface area contributed by atoms with Crippen LogP contribution in [0.5, 0.6) is 0 Å². The zero-order valence-electron chi connectivity index (χ0n) is 14.9. The number of ether oxygens (including phenoxy) is 1. The van der Waals surface area contributed by atoms with Gasteiger partial charge in [0.15, 0.2) is 0 Å². The summed E-state index contributed by atoms with van der Waals surface area (Å²) in [7, 11) is 3.41. The van der Waals surface area contributed by atoms with Gasteiger partial charge in [0.2, 0.25) is 5.91 Å². The molecule has 1 aliphatic heterocycles. The third-order valence-electron chi connectivity index (χ3n) is 4.57. The van der Waals surface area contributed by atoms with Gasteiger partial charge in [0.05, 0.1) is 19.3 Å². The minimum absolute atomic E-state index is 0.129. The summed E-state index contributed by atoms with van der Waals surface area (Å²) >= 11 is 0. The first kappa shape index (κ1) is 17.4. The lowest BCUT2D eigenvalue weighted by Gasteiger charge is -2.31. The molecule has 7 nitrogen and oxygen atoms in total. The monoisotopic (exact) mass is 344 g/mol. The van der Waals surface area contributed by atoms with Crippen LogP contribution in [-0.2, 0) is 9.53 Å². The fraction of sp³-hybridized carbons (Fsp3) is 0.444. The first-order valence-corrected chi connectivity index (χ1v) is 8.39. The van der Waals surface area contributed by atoms with Gasteiger partial charge in [-0.2, -0.15) is 0 Å². The number of rotatable bonds is 4. The maximum atomic E-state index is 12.5. The maximum absolute atomic E-state index is 12.5. The van der Waals surface area contributed by atoms with E-state index >= 15 is 0 Å². The van der Waals surface area contributed by atoms with Gasteiger partial charge in [-0.3, -0.25) is 9.69 Å². The van der Waals surface area contributed by atoms with Gasteiger partial charge >= 0.3 is 5.97 Å². The van der Waals surface area contributed by atoms with Crippen LogP contribution in [0.15, 0.2) is 18.2 Å². The molecule has 0 spiro atoms. The Bertz CT molecular complexity index is 791. The maximum Gasteiger partial charge on any atom is 0.356 e. The summed E-state index contributed by atoms with van der Waals surface area (Å²) in [6, 6.07) is 5.80. The molecule has 1 aromatic carbocycles. The van der Waals surface area contributed by atoms with Gasteiger partial charge in [-0.15, -0.1) is 0 Å². The molecule has 25 heavy (non-hydrogen) atoms. The number of methoxy groups -OCH3 is 1. The number of nitrogens with zero attached hydrogens (tertiary/aromatic N) is 2. The van der Waals surface area contributed by atoms with Crippen LogP contribution in [0.1, 0.15) is 16.1 Å². The van der Waals surface area contributed by atoms with Gasteiger partial charge in [-0.1, -0.05) is 12.1 Å². The summed E-state index contributed by atoms with van der Waals surface area (Å²) < 4.78 is 4.84. The summed E-state index contributed by atoms with van der Waals surface area (Å²) in [5.74, 6) is -0.625. The van der Waals surface area contributed by atoms with Crippen LogP contribution in [-0.4, -0.2) is 73.5 Å². The second-order valence-electron chi connectivity index (χ2n) is 6.54. The van der Waals surface area contributed by atoms with Crippen molar-refractivity contribution >= 4 is 28.5 Å². The third kappa shape index (κ3) is 3.83. The molecule has 0 bridgehead atoms. The van der Waals surface area contributed by atoms with E-state index < -0.39 is 5.97 Å². The number of piperazine rings is 1. The minimum atomic E-state index is -0.497. The number of aromatic nitrogens is 1. The minimum Gasteiger partial charge on any atom is -0.464 e. The van der Waals surface area contributed by atoms with Crippen LogP contribution in [0.3, 0.4) is 0 Å². The largest absolute Gasteiger partial charge is 0.464 e. The van der Waals surface area contributed by atoms with Gasteiger partial charge in [-0.25, -0.2) is 4.79 Å². The molecule has 0 saturated carbocycles. The zero-order valence-corrected chi connectivity index (χ0v) is 14.9. The Balaban J connectivity index is 1.81. The van der Waals surface area contributed by atoms with Gasteiger partial charge in [0.25, 0.3) is 0 Å². The zero-order chi connectivity index (χ0) is 18.0. The number of carbonyl (C=O) groups excluding carboxylic acids is 2. The van der Waals surface area contributed by atoms with E-state index in [1.165, 1.54) is 7.11 Å². The third-order valence-corrected chi connectivity index (χ3v) is 4.57. The standard InChI is InChI=1S/C18H24N4O3/c1-12-4-5-13-14(10-12)19-17(18(24)25-3)16(13)20-15(23)11-22-8-6-21(2)7-9-22/h4-5,10,19H,6-9,11H2,1-3H3,(H,20,23). The topological polar surface area (TPSA) is 77.7 Å². The predicted octanol–water partition coefficient (Wildman–Crippen LogP) is 1.45. The van der Waals surface area contributed by atoms with Crippen molar-refractivity contribution in [2.75, 3.05) is 52.2 Å². The lowest BCUT2D eigenvalue weighted by Crippen LogP contribution is -2.47. The summed E-state index contributed by atoms with van der Waals surface area (Å²) in [4.78, 5) is 32.0. The van der Waals surface area contributed by atoms with Gasteiger partial charge in [0.1, 0.15) is 5.69 Å². The number of esters is 1. The highest BCUT2D eigenvalue weighted by molar-refractivity contribution is 6.11. The summed E-state index contributed by atoms with van der Waals surface area (Å²) in [5.41, 5.74) is 2.63. The van der Waals surface area contributed by atoms with Crippen molar-refractivity contribution in [1.82, 2.24) is 14.8 Å². The smallest absolute Gasteiger partial charge is 0.356 e. The molecule has 2 N–H and O–H groups in total. The van der Waals surface area contributed by atoms with Crippen molar-refractivity contribution in [2.45, 2.75) is 6.92 Å². The number of hydrogen-bond donors (Lipinski definition) is 2. The molecule has 0 unspecified atom stereocenters. The molecule has 0 atom stereocenters. The Labute approximate surface area is 146 Å². The van der Waals surface area contributed by atoms with Crippen LogP contribution in [0.25, 0.3) is 10.9 Å². The normalized spacial score (nSPS) is 16.1. The molecule has 2 heterocycles. The van der Waals surface area contributed by atoms with E-state index in [0.29, 0.717) is 12.2 Å². The van der Waals surface area contributed by atoms with Crippen molar-refractivity contribution in [3.63, 3.8) is 0 Å². The fourth-order valence-corrected chi connectivity index (χ4v) is 3.08. The first-order chi connectivity index (χ1) is 12.0. The quantitative estimate of drug-likeness (QED) is 0.821. The van der Waals surface area contributed by atoms with E-state index in [0.717, 1.165) is 42.6 Å². The number of hydrogen-bond acceptors (Lipinski definition) is 5. The van der Waals surface area contributed by atoms with Crippen molar-refractivity contribution in [1.29, 1.82) is 0 Å². The number of carbonyl (C=O) groups is 2. The highest BCUT2D eigenvalue weighted by Gasteiger charge is 2.22. The lowest BCUT2D eigenvalue weighted by molar-refractivity contribution is -0.117. The Morgan fingerprint density at radius 3 is 2.64 bits per heavy atom. The molecule has 1 aromatic heterocycles. The molecule has 3 rings (SSSR count). The summed E-state index contributed by atoms with van der Waals surface area (Å²) in [5, 5.41) is 3.70. The average molecular weight is 344 g/mol. The van der Waals surface area contributed by atoms with Crippen LogP contribution in [0.4, 0.5) is 5.69 Å². The molecule has 1 fully saturated rings. The molecular formula is C18H24N4O3. The van der Waals surface area contributed by atoms with Gasteiger partial charge in [0, 0.05) is 37.1 Å². The first-order valence-electron chi connectivity index (χ1n) is 8.39. The van der Waals surface area contributed by atoms with Crippen LogP contribution in [0, 0.1) is 6.92 Å². The molecule has 1 saturated heterocycles. The van der Waals surface area contributed by atoms with Crippen LogP contribution < -0.4 is 5.32 Å². The molecule has 0 radical (unpaired) electrons. The van der Waals surface area contributed by atoms with Gasteiger partial charge in [-0.05, 0) is 25.6 Å². The van der Waals surface area contributed by atoms with E-state index in [9.17, 15) is 9.59 Å². The van der Waals surface area contributed by atoms with E-state index in [2.05, 4.69) is 27.1 Å². The van der Waals surface area contributed by atoms with Gasteiger partial charge < -0.3 is 19.9 Å². The summed E-state index contributed by atoms with van der Waals surface area (Å²) in [6.45, 7) is 5.92. The highest BCUT2D eigenvalue weighted by Crippen LogP contribution is 2.29. The fourth-order valence-electron chi connectivity index (χ4n) is 3.08. The Kier molecular flexibility index (Phi) is 5.06. The number of nitrogens with one attached hydrogen (secondary N) is 2. The average Bonchev–Trinajstić information content (AvgIpc) is 2.93. The van der Waals surface area contributed by atoms with Crippen molar-refractivity contribution < 1.29 is 14.3 Å². The van der Waals surface area contributed by atoms with E-state index in [-0.39, 0.29) is 11.6 Å². The number of aryl methyl sites for hydroxylation is 1. The molecule has 134 valence electrons. The Morgan fingerprint density at radius 2 is 1.96 bits per heavy atom. The Morgan fingerprint density at radius 1 is 1.24 bits per heavy atom. The van der Waals surface area contributed by atoms with Crippen molar-refractivity contribution in [3.8, 4) is 0 Å². The molecule has 7 heteroatoms. The second kappa shape index (κ2) is 7.25. The number of fused-ring (bicyclic) bond motifs is 1. The predicted molar refractivity (Wildman–Crippen MR) is 96.9 cm³/mol. The SMILES string of the molecule is COC(=O)c1[nH]c2cc(C)ccc2c1NC(=O)CN1CCN(C)CC1. The molecule has 2 aromatic rings. The second-order valence-corrected chi connectivity index (χ2v) is 6.54. The molecule has 0 aliphatic carbocycles. The lowest BCUT2D eigenvalue weighted by atomic mass is 10.1.